The number of para-hydroxylation sites is 1. The van der Waals surface area contributed by atoms with Crippen molar-refractivity contribution in [3.8, 4) is 17.5 Å². The van der Waals surface area contributed by atoms with Gasteiger partial charge in [0.15, 0.2) is 11.6 Å². The van der Waals surface area contributed by atoms with Crippen LogP contribution in [0.1, 0.15) is 29.7 Å². The predicted molar refractivity (Wildman–Crippen MR) is 132 cm³/mol. The standard InChI is InChI=1S/C26H23N3O4S/c1-16-13-20(18(3)29-22-11-7-8-12-23(22)34(31,32)28-15-27)26-21(14-16)24(30)17(2)25(33-26)19-9-5-4-6-10-19/h4-14,18,28-29H,1-3H3. The molecule has 0 amide bonds. The highest BCUT2D eigenvalue weighted by molar-refractivity contribution is 7.89. The topological polar surface area (TPSA) is 112 Å². The number of nitrogens with zero attached hydrogens (tertiary/aromatic N) is 1. The number of anilines is 1. The van der Waals surface area contributed by atoms with Crippen molar-refractivity contribution in [1.29, 1.82) is 5.26 Å². The highest BCUT2D eigenvalue weighted by Gasteiger charge is 2.22. The molecule has 3 aromatic carbocycles. The molecule has 0 spiro atoms. The fraction of sp³-hybridized carbons (Fsp3) is 0.154. The SMILES string of the molecule is Cc1cc(C(C)Nc2ccccc2S(=O)(=O)NC#N)c2oc(-c3ccccc3)c(C)c(=O)c2c1. The van der Waals surface area contributed by atoms with Crippen LogP contribution in [-0.4, -0.2) is 8.42 Å². The Bertz CT molecular complexity index is 1590. The molecule has 4 rings (SSSR count). The summed E-state index contributed by atoms with van der Waals surface area (Å²) in [5, 5.41) is 12.5. The van der Waals surface area contributed by atoms with Crippen molar-refractivity contribution < 1.29 is 12.8 Å². The molecule has 1 atom stereocenters. The highest BCUT2D eigenvalue weighted by Crippen LogP contribution is 2.33. The summed E-state index contributed by atoms with van der Waals surface area (Å²) in [7, 11) is -4.02. The highest BCUT2D eigenvalue weighted by atomic mass is 32.2. The first-order valence-corrected chi connectivity index (χ1v) is 12.1. The minimum absolute atomic E-state index is 0.0531. The van der Waals surface area contributed by atoms with Gasteiger partial charge in [0.2, 0.25) is 0 Å². The number of benzene rings is 3. The lowest BCUT2D eigenvalue weighted by Gasteiger charge is -2.20. The van der Waals surface area contributed by atoms with E-state index < -0.39 is 16.1 Å². The van der Waals surface area contributed by atoms with Gasteiger partial charge in [-0.05, 0) is 44.5 Å². The van der Waals surface area contributed by atoms with E-state index in [0.29, 0.717) is 33.5 Å². The molecule has 0 aliphatic carbocycles. The summed E-state index contributed by atoms with van der Waals surface area (Å²) in [6.45, 7) is 5.50. The molecule has 0 saturated carbocycles. The second-order valence-corrected chi connectivity index (χ2v) is 9.71. The van der Waals surface area contributed by atoms with Gasteiger partial charge in [0.1, 0.15) is 16.2 Å². The van der Waals surface area contributed by atoms with Crippen molar-refractivity contribution in [3.05, 3.63) is 93.6 Å². The van der Waals surface area contributed by atoms with Gasteiger partial charge in [-0.3, -0.25) is 4.79 Å². The van der Waals surface area contributed by atoms with Gasteiger partial charge in [-0.2, -0.15) is 5.26 Å². The maximum absolute atomic E-state index is 13.3. The Morgan fingerprint density at radius 2 is 1.68 bits per heavy atom. The molecule has 0 fully saturated rings. The summed E-state index contributed by atoms with van der Waals surface area (Å²) in [5.74, 6) is 0.497. The Labute approximate surface area is 197 Å². The molecule has 0 bridgehead atoms. The Hall–Kier alpha value is -4.09. The Kier molecular flexibility index (Phi) is 6.14. The zero-order valence-electron chi connectivity index (χ0n) is 18.9. The van der Waals surface area contributed by atoms with Gasteiger partial charge < -0.3 is 9.73 Å². The van der Waals surface area contributed by atoms with Gasteiger partial charge in [0, 0.05) is 16.7 Å². The number of nitriles is 1. The number of aryl methyl sites for hydroxylation is 1. The zero-order chi connectivity index (χ0) is 24.5. The van der Waals surface area contributed by atoms with Gasteiger partial charge in [-0.25, -0.2) is 13.1 Å². The van der Waals surface area contributed by atoms with E-state index in [-0.39, 0.29) is 10.3 Å². The van der Waals surface area contributed by atoms with Crippen molar-refractivity contribution in [3.63, 3.8) is 0 Å². The summed E-state index contributed by atoms with van der Waals surface area (Å²) >= 11 is 0. The van der Waals surface area contributed by atoms with Crippen LogP contribution in [-0.2, 0) is 10.0 Å². The number of fused-ring (bicyclic) bond motifs is 1. The molecule has 1 aromatic heterocycles. The van der Waals surface area contributed by atoms with Gasteiger partial charge in [0.05, 0.1) is 17.1 Å². The summed E-state index contributed by atoms with van der Waals surface area (Å²) in [5.41, 5.74) is 3.56. The second-order valence-electron chi connectivity index (χ2n) is 8.06. The lowest BCUT2D eigenvalue weighted by molar-refractivity contribution is 0.591. The van der Waals surface area contributed by atoms with E-state index in [1.165, 1.54) is 12.3 Å². The number of hydrogen-bond donors (Lipinski definition) is 2. The summed E-state index contributed by atoms with van der Waals surface area (Å²) in [6.07, 6.45) is 1.47. The van der Waals surface area contributed by atoms with E-state index in [0.717, 1.165) is 11.1 Å². The van der Waals surface area contributed by atoms with Crippen molar-refractivity contribution in [2.45, 2.75) is 31.7 Å². The maximum Gasteiger partial charge on any atom is 0.272 e. The largest absolute Gasteiger partial charge is 0.455 e. The molecule has 4 aromatic rings. The number of hydrogen-bond acceptors (Lipinski definition) is 6. The van der Waals surface area contributed by atoms with E-state index in [2.05, 4.69) is 5.32 Å². The predicted octanol–water partition coefficient (Wildman–Crippen LogP) is 5.01. The molecule has 0 radical (unpaired) electrons. The van der Waals surface area contributed by atoms with Crippen molar-refractivity contribution in [1.82, 2.24) is 4.72 Å². The fourth-order valence-electron chi connectivity index (χ4n) is 4.00. The van der Waals surface area contributed by atoms with Crippen molar-refractivity contribution in [2.24, 2.45) is 0 Å². The number of nitrogens with one attached hydrogen (secondary N) is 2. The van der Waals surface area contributed by atoms with Crippen LogP contribution in [0.15, 0.2) is 80.8 Å². The second kappa shape index (κ2) is 9.04. The minimum Gasteiger partial charge on any atom is -0.455 e. The third kappa shape index (κ3) is 4.26. The first kappa shape index (κ1) is 23.1. The molecule has 0 aliphatic heterocycles. The van der Waals surface area contributed by atoms with E-state index >= 15 is 0 Å². The Morgan fingerprint density at radius 3 is 2.38 bits per heavy atom. The summed E-state index contributed by atoms with van der Waals surface area (Å²) in [4.78, 5) is 13.2. The molecule has 2 N–H and O–H groups in total. The zero-order valence-corrected chi connectivity index (χ0v) is 19.7. The normalized spacial score (nSPS) is 12.2. The Balaban J connectivity index is 1.87. The summed E-state index contributed by atoms with van der Waals surface area (Å²) in [6, 6.07) is 19.0. The minimum atomic E-state index is -4.02. The average molecular weight is 474 g/mol. The molecule has 0 saturated heterocycles. The lowest BCUT2D eigenvalue weighted by Crippen LogP contribution is -2.20. The van der Waals surface area contributed by atoms with Gasteiger partial charge in [-0.1, -0.05) is 48.5 Å². The van der Waals surface area contributed by atoms with E-state index in [1.807, 2.05) is 55.0 Å². The van der Waals surface area contributed by atoms with Gasteiger partial charge >= 0.3 is 0 Å². The molecular formula is C26H23N3O4S. The maximum atomic E-state index is 13.3. The van der Waals surface area contributed by atoms with Crippen molar-refractivity contribution in [2.75, 3.05) is 5.32 Å². The van der Waals surface area contributed by atoms with Crippen molar-refractivity contribution >= 4 is 26.7 Å². The van der Waals surface area contributed by atoms with Crippen LogP contribution in [0.3, 0.4) is 0 Å². The van der Waals surface area contributed by atoms with Crippen LogP contribution < -0.4 is 15.5 Å². The van der Waals surface area contributed by atoms with Crippen LogP contribution in [0.25, 0.3) is 22.3 Å². The quantitative estimate of drug-likeness (QED) is 0.301. The first-order valence-electron chi connectivity index (χ1n) is 10.6. The lowest BCUT2D eigenvalue weighted by atomic mass is 9.99. The molecule has 7 nitrogen and oxygen atoms in total. The fourth-order valence-corrected chi connectivity index (χ4v) is 4.90. The van der Waals surface area contributed by atoms with Crippen LogP contribution in [0.2, 0.25) is 0 Å². The molecular weight excluding hydrogens is 450 g/mol. The monoisotopic (exact) mass is 473 g/mol. The van der Waals surface area contributed by atoms with E-state index in [9.17, 15) is 13.2 Å². The molecule has 8 heteroatoms. The average Bonchev–Trinajstić information content (AvgIpc) is 2.82. The number of rotatable bonds is 6. The summed E-state index contributed by atoms with van der Waals surface area (Å²) < 4.78 is 33.1. The smallest absolute Gasteiger partial charge is 0.272 e. The van der Waals surface area contributed by atoms with Crippen LogP contribution in [0.5, 0.6) is 0 Å². The van der Waals surface area contributed by atoms with Crippen LogP contribution >= 0.6 is 0 Å². The molecule has 1 unspecified atom stereocenters. The third-order valence-corrected chi connectivity index (χ3v) is 6.92. The third-order valence-electron chi connectivity index (χ3n) is 5.62. The van der Waals surface area contributed by atoms with Gasteiger partial charge in [0.25, 0.3) is 10.0 Å². The van der Waals surface area contributed by atoms with Gasteiger partial charge in [-0.15, -0.1) is 0 Å². The van der Waals surface area contributed by atoms with E-state index in [4.69, 9.17) is 9.68 Å². The molecule has 0 aliphatic rings. The molecule has 172 valence electrons. The van der Waals surface area contributed by atoms with E-state index in [1.54, 1.807) is 31.2 Å². The first-order chi connectivity index (χ1) is 16.2. The van der Waals surface area contributed by atoms with Crippen LogP contribution in [0.4, 0.5) is 5.69 Å². The molecule has 1 heterocycles. The Morgan fingerprint density at radius 1 is 1.00 bits per heavy atom. The molecule has 34 heavy (non-hydrogen) atoms. The van der Waals surface area contributed by atoms with Crippen LogP contribution in [0, 0.1) is 25.3 Å². The number of sulfonamides is 1.